The molecule has 1 aromatic rings. The van der Waals surface area contributed by atoms with Crippen LogP contribution in [0.3, 0.4) is 0 Å². The standard InChI is InChI=1S/C15H24ClN2O3P/c1-3-20-22(19,21-4-2)13-17-9-11-18(12-10-17)15-7-5-14(16)6-8-15/h5-8H,3-4,9-13H2,1-2H3. The number of halogens is 1. The Bertz CT molecular complexity index is 494. The number of nitrogens with zero attached hydrogens (tertiary/aromatic N) is 2. The monoisotopic (exact) mass is 346 g/mol. The van der Waals surface area contributed by atoms with Gasteiger partial charge in [0.15, 0.2) is 0 Å². The van der Waals surface area contributed by atoms with Gasteiger partial charge in [-0.05, 0) is 38.1 Å². The molecule has 1 aliphatic heterocycles. The second kappa shape index (κ2) is 8.32. The molecule has 0 spiro atoms. The molecule has 1 fully saturated rings. The van der Waals surface area contributed by atoms with Gasteiger partial charge in [0.05, 0.1) is 13.2 Å². The summed E-state index contributed by atoms with van der Waals surface area (Å²) in [6.45, 7) is 7.94. The van der Waals surface area contributed by atoms with Gasteiger partial charge in [-0.1, -0.05) is 11.6 Å². The first kappa shape index (κ1) is 17.8. The fourth-order valence-corrected chi connectivity index (χ4v) is 4.48. The van der Waals surface area contributed by atoms with Gasteiger partial charge in [0.1, 0.15) is 6.29 Å². The average Bonchev–Trinajstić information content (AvgIpc) is 2.49. The Morgan fingerprint density at radius 2 is 1.59 bits per heavy atom. The van der Waals surface area contributed by atoms with Crippen LogP contribution in [0.15, 0.2) is 24.3 Å². The summed E-state index contributed by atoms with van der Waals surface area (Å²) in [4.78, 5) is 4.46. The normalized spacial score (nSPS) is 17.0. The lowest BCUT2D eigenvalue weighted by Crippen LogP contribution is -2.46. The Balaban J connectivity index is 1.88. The van der Waals surface area contributed by atoms with E-state index in [2.05, 4.69) is 9.80 Å². The molecule has 0 N–H and O–H groups in total. The van der Waals surface area contributed by atoms with Gasteiger partial charge < -0.3 is 13.9 Å². The van der Waals surface area contributed by atoms with Crippen molar-refractivity contribution in [2.45, 2.75) is 13.8 Å². The summed E-state index contributed by atoms with van der Waals surface area (Å²) in [6.07, 6.45) is 0.364. The Morgan fingerprint density at radius 3 is 2.09 bits per heavy atom. The van der Waals surface area contributed by atoms with Gasteiger partial charge in [-0.25, -0.2) is 0 Å². The third kappa shape index (κ3) is 4.97. The summed E-state index contributed by atoms with van der Waals surface area (Å²) in [5.41, 5.74) is 1.17. The topological polar surface area (TPSA) is 42.0 Å². The highest BCUT2D eigenvalue weighted by atomic mass is 35.5. The van der Waals surface area contributed by atoms with Crippen LogP contribution in [0.25, 0.3) is 0 Å². The molecule has 0 aliphatic carbocycles. The molecule has 0 bridgehead atoms. The van der Waals surface area contributed by atoms with E-state index in [1.165, 1.54) is 5.69 Å². The van der Waals surface area contributed by atoms with E-state index in [9.17, 15) is 4.57 Å². The molecular weight excluding hydrogens is 323 g/mol. The molecule has 0 saturated carbocycles. The molecule has 1 saturated heterocycles. The van der Waals surface area contributed by atoms with Gasteiger partial charge >= 0.3 is 7.60 Å². The van der Waals surface area contributed by atoms with E-state index in [1.807, 2.05) is 38.1 Å². The zero-order valence-corrected chi connectivity index (χ0v) is 14.9. The lowest BCUT2D eigenvalue weighted by atomic mass is 10.2. The van der Waals surface area contributed by atoms with Gasteiger partial charge in [-0.3, -0.25) is 9.46 Å². The van der Waals surface area contributed by atoms with Crippen LogP contribution in [0, 0.1) is 0 Å². The van der Waals surface area contributed by atoms with E-state index < -0.39 is 7.60 Å². The van der Waals surface area contributed by atoms with E-state index >= 15 is 0 Å². The number of anilines is 1. The van der Waals surface area contributed by atoms with Gasteiger partial charge in [-0.15, -0.1) is 0 Å². The SMILES string of the molecule is CCOP(=O)(CN1CCN(c2ccc(Cl)cc2)CC1)OCC. The van der Waals surface area contributed by atoms with E-state index in [-0.39, 0.29) is 0 Å². The molecule has 0 unspecified atom stereocenters. The lowest BCUT2D eigenvalue weighted by Gasteiger charge is -2.37. The first-order valence-electron chi connectivity index (χ1n) is 7.67. The van der Waals surface area contributed by atoms with Gasteiger partial charge in [0.2, 0.25) is 0 Å². The Labute approximate surface area is 137 Å². The smallest absolute Gasteiger partial charge is 0.344 e. The first-order chi connectivity index (χ1) is 10.6. The van der Waals surface area contributed by atoms with Gasteiger partial charge in [0.25, 0.3) is 0 Å². The van der Waals surface area contributed by atoms with Crippen molar-refractivity contribution in [3.05, 3.63) is 29.3 Å². The number of piperazine rings is 1. The summed E-state index contributed by atoms with van der Waals surface area (Å²) in [6, 6.07) is 7.87. The summed E-state index contributed by atoms with van der Waals surface area (Å²) in [5, 5.41) is 0.747. The van der Waals surface area contributed by atoms with Crippen molar-refractivity contribution in [1.29, 1.82) is 0 Å². The minimum Gasteiger partial charge on any atom is -0.369 e. The molecule has 0 atom stereocenters. The first-order valence-corrected chi connectivity index (χ1v) is 9.78. The second-order valence-electron chi connectivity index (χ2n) is 5.17. The van der Waals surface area contributed by atoms with E-state index in [4.69, 9.17) is 20.6 Å². The molecule has 5 nitrogen and oxygen atoms in total. The highest BCUT2D eigenvalue weighted by Crippen LogP contribution is 2.48. The van der Waals surface area contributed by atoms with E-state index in [0.717, 1.165) is 31.2 Å². The maximum Gasteiger partial charge on any atom is 0.344 e. The lowest BCUT2D eigenvalue weighted by molar-refractivity contribution is 0.192. The van der Waals surface area contributed by atoms with Crippen LogP contribution in [0.5, 0.6) is 0 Å². The average molecular weight is 347 g/mol. The molecule has 1 aromatic carbocycles. The Hall–Kier alpha value is -0.580. The molecule has 1 aliphatic rings. The molecule has 2 rings (SSSR count). The molecular formula is C15H24ClN2O3P. The van der Waals surface area contributed by atoms with Crippen molar-refractivity contribution in [2.75, 3.05) is 50.6 Å². The van der Waals surface area contributed by atoms with Crippen LogP contribution in [-0.2, 0) is 13.6 Å². The largest absolute Gasteiger partial charge is 0.369 e. The van der Waals surface area contributed by atoms with Crippen molar-refractivity contribution < 1.29 is 13.6 Å². The fourth-order valence-electron chi connectivity index (χ4n) is 2.56. The van der Waals surface area contributed by atoms with Crippen LogP contribution in [-0.4, -0.2) is 50.6 Å². The highest BCUT2D eigenvalue weighted by molar-refractivity contribution is 7.53. The third-order valence-electron chi connectivity index (χ3n) is 3.59. The van der Waals surface area contributed by atoms with Crippen LogP contribution >= 0.6 is 19.2 Å². The van der Waals surface area contributed by atoms with Crippen LogP contribution in [0.1, 0.15) is 13.8 Å². The van der Waals surface area contributed by atoms with Crippen LogP contribution in [0.4, 0.5) is 5.69 Å². The summed E-state index contributed by atoms with van der Waals surface area (Å²) in [7, 11) is -3.00. The van der Waals surface area contributed by atoms with Gasteiger partial charge in [-0.2, -0.15) is 0 Å². The van der Waals surface area contributed by atoms with Crippen molar-refractivity contribution in [1.82, 2.24) is 4.90 Å². The van der Waals surface area contributed by atoms with Crippen LogP contribution in [0.2, 0.25) is 5.02 Å². The van der Waals surface area contributed by atoms with Crippen molar-refractivity contribution in [2.24, 2.45) is 0 Å². The maximum absolute atomic E-state index is 12.6. The van der Waals surface area contributed by atoms with E-state index in [1.54, 1.807) is 0 Å². The highest BCUT2D eigenvalue weighted by Gasteiger charge is 2.29. The zero-order chi connectivity index (χ0) is 16.0. The second-order valence-corrected chi connectivity index (χ2v) is 7.63. The van der Waals surface area contributed by atoms with Crippen molar-refractivity contribution in [3.8, 4) is 0 Å². The Kier molecular flexibility index (Phi) is 6.72. The predicted molar refractivity (Wildman–Crippen MR) is 91.0 cm³/mol. The van der Waals surface area contributed by atoms with E-state index in [0.29, 0.717) is 19.5 Å². The molecule has 0 amide bonds. The summed E-state index contributed by atoms with van der Waals surface area (Å²) >= 11 is 5.92. The molecule has 124 valence electrons. The minimum atomic E-state index is -3.00. The molecule has 0 radical (unpaired) electrons. The third-order valence-corrected chi connectivity index (χ3v) is 5.89. The van der Waals surface area contributed by atoms with Crippen molar-refractivity contribution in [3.63, 3.8) is 0 Å². The Morgan fingerprint density at radius 1 is 1.05 bits per heavy atom. The molecule has 7 heteroatoms. The number of hydrogen-bond donors (Lipinski definition) is 0. The predicted octanol–water partition coefficient (Wildman–Crippen LogP) is 3.69. The van der Waals surface area contributed by atoms with Crippen molar-refractivity contribution >= 4 is 24.9 Å². The zero-order valence-electron chi connectivity index (χ0n) is 13.2. The molecule has 22 heavy (non-hydrogen) atoms. The maximum atomic E-state index is 12.6. The number of hydrogen-bond acceptors (Lipinski definition) is 5. The number of rotatable bonds is 7. The molecule has 1 heterocycles. The quantitative estimate of drug-likeness (QED) is 0.704. The number of benzene rings is 1. The van der Waals surface area contributed by atoms with Gasteiger partial charge in [0, 0.05) is 36.9 Å². The minimum absolute atomic E-state index is 0.364. The fraction of sp³-hybridized carbons (Fsp3) is 0.600. The summed E-state index contributed by atoms with van der Waals surface area (Å²) in [5.74, 6) is 0. The van der Waals surface area contributed by atoms with Crippen LogP contribution < -0.4 is 4.90 Å². The molecule has 0 aromatic heterocycles. The summed E-state index contributed by atoms with van der Waals surface area (Å²) < 4.78 is 23.3.